The molecule has 0 amide bonds. The number of carbonyl (C=O) groups excluding carboxylic acids is 2. The second-order valence-corrected chi connectivity index (χ2v) is 11.0. The van der Waals surface area contributed by atoms with Gasteiger partial charge in [0.25, 0.3) is 0 Å². The van der Waals surface area contributed by atoms with E-state index in [1.54, 1.807) is 6.26 Å². The zero-order valence-electron chi connectivity index (χ0n) is 19.1. The number of hydrogen-bond acceptors (Lipinski definition) is 8. The lowest BCUT2D eigenvalue weighted by Crippen LogP contribution is -2.74. The first-order valence-corrected chi connectivity index (χ1v) is 11.8. The number of rotatable bonds is 3. The number of fused-ring (bicyclic) bond motifs is 2. The number of esters is 2. The predicted molar refractivity (Wildman–Crippen MR) is 109 cm³/mol. The molecular weight excluding hydrogens is 416 g/mol. The molecule has 7 rings (SSSR count). The third-order valence-corrected chi connectivity index (χ3v) is 9.46. The summed E-state index contributed by atoms with van der Waals surface area (Å²) in [7, 11) is 0. The van der Waals surface area contributed by atoms with Crippen LogP contribution in [0.25, 0.3) is 0 Å². The van der Waals surface area contributed by atoms with Crippen LogP contribution in [0.3, 0.4) is 0 Å². The smallest absolute Gasteiger partial charge is 0.304 e. The van der Waals surface area contributed by atoms with Crippen LogP contribution in [0.4, 0.5) is 0 Å². The van der Waals surface area contributed by atoms with E-state index in [1.165, 1.54) is 13.8 Å². The Morgan fingerprint density at radius 2 is 1.78 bits per heavy atom. The lowest BCUT2D eigenvalue weighted by molar-refractivity contribution is -0.369. The standard InChI is InChI=1S/C24H32O8/c1-12-7-19(29-13(2)25)24-10-23(11-28-23)18(32-21(24)30-14(3)26)9-16(24)22(12,4)17-8-15-5-6-27-20(15)31-17/h5-6,12,15-21H,7-11H2,1-4H3/t12-,15-,16+,17+,18+,19+,20-,21+,22-,23-,24-/m1/s1. The normalized spacial score (nSPS) is 54.6. The maximum Gasteiger partial charge on any atom is 0.304 e. The lowest BCUT2D eigenvalue weighted by Gasteiger charge is -2.68. The highest BCUT2D eigenvalue weighted by molar-refractivity contribution is 5.67. The quantitative estimate of drug-likeness (QED) is 0.481. The summed E-state index contributed by atoms with van der Waals surface area (Å²) in [6.07, 6.45) is 5.20. The monoisotopic (exact) mass is 448 g/mol. The van der Waals surface area contributed by atoms with E-state index in [0.717, 1.165) is 12.8 Å². The summed E-state index contributed by atoms with van der Waals surface area (Å²) >= 11 is 0. The first kappa shape index (κ1) is 20.9. The van der Waals surface area contributed by atoms with E-state index in [9.17, 15) is 9.59 Å². The number of hydrogen-bond donors (Lipinski definition) is 0. The SMILES string of the molecule is CC(=O)O[C@H]1O[C@H]2C[C@H]3[C@](C)([C@@H]4C[C@H]5C=CO[C@@H]5O4)[C@H](C)C[C@H](OC(C)=O)[C@]13C[C@@]21CO1. The predicted octanol–water partition coefficient (Wildman–Crippen LogP) is 2.69. The van der Waals surface area contributed by atoms with Gasteiger partial charge >= 0.3 is 11.9 Å². The van der Waals surface area contributed by atoms with Crippen LogP contribution in [0, 0.1) is 28.6 Å². The largest absolute Gasteiger partial charge is 0.472 e. The van der Waals surface area contributed by atoms with Crippen molar-refractivity contribution in [2.24, 2.45) is 28.6 Å². The second kappa shape index (κ2) is 6.70. The molecule has 0 N–H and O–H groups in total. The summed E-state index contributed by atoms with van der Waals surface area (Å²) in [5.41, 5.74) is -1.28. The average molecular weight is 449 g/mol. The van der Waals surface area contributed by atoms with E-state index in [2.05, 4.69) is 19.9 Å². The highest BCUT2D eigenvalue weighted by atomic mass is 16.7. The molecule has 2 spiro atoms. The van der Waals surface area contributed by atoms with Crippen LogP contribution in [0.2, 0.25) is 0 Å². The fourth-order valence-electron chi connectivity index (χ4n) is 7.74. The van der Waals surface area contributed by atoms with Crippen LogP contribution >= 0.6 is 0 Å². The molecule has 0 aromatic heterocycles. The molecular formula is C24H32O8. The molecule has 5 aliphatic heterocycles. The maximum absolute atomic E-state index is 12.2. The number of ether oxygens (including phenoxy) is 6. The molecule has 8 heteroatoms. The molecule has 0 aromatic carbocycles. The van der Waals surface area contributed by atoms with Gasteiger partial charge in [-0.15, -0.1) is 0 Å². The first-order valence-electron chi connectivity index (χ1n) is 11.8. The van der Waals surface area contributed by atoms with Gasteiger partial charge in [0, 0.05) is 25.2 Å². The zero-order chi connectivity index (χ0) is 22.5. The minimum atomic E-state index is -0.771. The second-order valence-electron chi connectivity index (χ2n) is 11.0. The third-order valence-electron chi connectivity index (χ3n) is 9.46. The van der Waals surface area contributed by atoms with Crippen LogP contribution in [-0.4, -0.2) is 55.0 Å². The summed E-state index contributed by atoms with van der Waals surface area (Å²) in [4.78, 5) is 24.3. The molecule has 0 unspecified atom stereocenters. The van der Waals surface area contributed by atoms with Crippen molar-refractivity contribution in [2.45, 2.75) is 89.9 Å². The van der Waals surface area contributed by atoms with Crippen LogP contribution in [-0.2, 0) is 38.0 Å². The van der Waals surface area contributed by atoms with Gasteiger partial charge in [0.2, 0.25) is 12.6 Å². The van der Waals surface area contributed by atoms with Gasteiger partial charge in [-0.2, -0.15) is 0 Å². The van der Waals surface area contributed by atoms with Crippen LogP contribution < -0.4 is 0 Å². The van der Waals surface area contributed by atoms with Crippen molar-refractivity contribution in [3.8, 4) is 0 Å². The molecule has 11 atom stereocenters. The van der Waals surface area contributed by atoms with Gasteiger partial charge in [-0.25, -0.2) is 0 Å². The van der Waals surface area contributed by atoms with Crippen molar-refractivity contribution in [1.82, 2.24) is 0 Å². The molecule has 32 heavy (non-hydrogen) atoms. The Balaban J connectivity index is 1.44. The Hall–Kier alpha value is -1.64. The van der Waals surface area contributed by atoms with E-state index in [4.69, 9.17) is 28.4 Å². The van der Waals surface area contributed by atoms with Crippen molar-refractivity contribution in [2.75, 3.05) is 6.61 Å². The average Bonchev–Trinajstić information content (AvgIpc) is 3.13. The molecule has 7 aliphatic rings. The zero-order valence-corrected chi connectivity index (χ0v) is 19.1. The van der Waals surface area contributed by atoms with Crippen molar-refractivity contribution in [3.63, 3.8) is 0 Å². The van der Waals surface area contributed by atoms with Gasteiger partial charge in [-0.1, -0.05) is 13.8 Å². The summed E-state index contributed by atoms with van der Waals surface area (Å²) in [5, 5.41) is 0. The van der Waals surface area contributed by atoms with Crippen molar-refractivity contribution in [1.29, 1.82) is 0 Å². The van der Waals surface area contributed by atoms with E-state index >= 15 is 0 Å². The highest BCUT2D eigenvalue weighted by Gasteiger charge is 2.78. The van der Waals surface area contributed by atoms with Crippen molar-refractivity contribution >= 4 is 11.9 Å². The van der Waals surface area contributed by atoms with E-state index < -0.39 is 23.8 Å². The van der Waals surface area contributed by atoms with Crippen LogP contribution in [0.1, 0.15) is 53.4 Å². The summed E-state index contributed by atoms with van der Waals surface area (Å²) in [6, 6.07) is 0. The topological polar surface area (TPSA) is 92.8 Å². The number of epoxide rings is 1. The Labute approximate surface area is 187 Å². The molecule has 5 heterocycles. The van der Waals surface area contributed by atoms with E-state index in [-0.39, 0.29) is 53.2 Å². The summed E-state index contributed by atoms with van der Waals surface area (Å²) < 4.78 is 36.2. The van der Waals surface area contributed by atoms with Gasteiger partial charge < -0.3 is 28.4 Å². The molecule has 2 aliphatic carbocycles. The molecule has 2 saturated carbocycles. The lowest BCUT2D eigenvalue weighted by atomic mass is 9.42. The molecule has 0 aromatic rings. The summed E-state index contributed by atoms with van der Waals surface area (Å²) in [6.45, 7) is 7.99. The van der Waals surface area contributed by atoms with Crippen molar-refractivity contribution < 1.29 is 38.0 Å². The summed E-state index contributed by atoms with van der Waals surface area (Å²) in [5.74, 6) is -0.166. The number of carbonyl (C=O) groups is 2. The van der Waals surface area contributed by atoms with E-state index in [0.29, 0.717) is 19.4 Å². The Kier molecular flexibility index (Phi) is 4.38. The van der Waals surface area contributed by atoms with Crippen LogP contribution in [0.5, 0.6) is 0 Å². The Morgan fingerprint density at radius 3 is 2.44 bits per heavy atom. The first-order chi connectivity index (χ1) is 15.2. The van der Waals surface area contributed by atoms with Gasteiger partial charge in [-0.3, -0.25) is 9.59 Å². The fraction of sp³-hybridized carbons (Fsp3) is 0.833. The van der Waals surface area contributed by atoms with E-state index in [1.807, 2.05) is 0 Å². The minimum Gasteiger partial charge on any atom is -0.472 e. The minimum absolute atomic E-state index is 0.00833. The van der Waals surface area contributed by atoms with Gasteiger partial charge in [-0.05, 0) is 43.6 Å². The van der Waals surface area contributed by atoms with Gasteiger partial charge in [0.15, 0.2) is 0 Å². The molecule has 6 fully saturated rings. The Bertz CT molecular complexity index is 866. The molecule has 2 bridgehead atoms. The molecule has 4 saturated heterocycles. The van der Waals surface area contributed by atoms with Gasteiger partial charge in [0.05, 0.1) is 30.5 Å². The van der Waals surface area contributed by atoms with Gasteiger partial charge in [0.1, 0.15) is 11.7 Å². The van der Waals surface area contributed by atoms with Crippen LogP contribution in [0.15, 0.2) is 12.3 Å². The Morgan fingerprint density at radius 1 is 1.03 bits per heavy atom. The van der Waals surface area contributed by atoms with Crippen molar-refractivity contribution in [3.05, 3.63) is 12.3 Å². The maximum atomic E-state index is 12.2. The third kappa shape index (κ3) is 2.66. The fourth-order valence-corrected chi connectivity index (χ4v) is 7.74. The molecule has 8 nitrogen and oxygen atoms in total. The molecule has 176 valence electrons. The highest BCUT2D eigenvalue weighted by Crippen LogP contribution is 2.71. The molecule has 0 radical (unpaired) electrons.